The Bertz CT molecular complexity index is 610. The quantitative estimate of drug-likeness (QED) is 0.686. The monoisotopic (exact) mass is 391 g/mol. The van der Waals surface area contributed by atoms with Crippen LogP contribution in [0.3, 0.4) is 0 Å². The van der Waals surface area contributed by atoms with Gasteiger partial charge in [0.15, 0.2) is 0 Å². The van der Waals surface area contributed by atoms with Crippen molar-refractivity contribution in [3.05, 3.63) is 18.2 Å². The minimum absolute atomic E-state index is 0.127. The number of likely N-dealkylation sites (tertiary alicyclic amines) is 2. The highest BCUT2D eigenvalue weighted by Gasteiger charge is 2.31. The number of methoxy groups -OCH3 is 1. The molecule has 0 aromatic carbocycles. The van der Waals surface area contributed by atoms with Crippen LogP contribution in [0.1, 0.15) is 51.4 Å². The summed E-state index contributed by atoms with van der Waals surface area (Å²) in [4.78, 5) is 22.1. The van der Waals surface area contributed by atoms with E-state index in [1.54, 1.807) is 7.11 Å². The molecule has 158 valence electrons. The molecule has 3 heterocycles. The number of hydrogen-bond acceptors (Lipinski definition) is 5. The molecular weight excluding hydrogens is 354 g/mol. The Balaban J connectivity index is 1.45. The second-order valence-corrected chi connectivity index (χ2v) is 8.47. The van der Waals surface area contributed by atoms with Gasteiger partial charge in [-0.05, 0) is 46.1 Å². The molecule has 0 aliphatic carbocycles. The maximum absolute atomic E-state index is 12.4. The number of amides is 1. The number of ether oxygens (including phenoxy) is 1. The molecule has 7 heteroatoms. The first-order valence-corrected chi connectivity index (χ1v) is 10.8. The van der Waals surface area contributed by atoms with Gasteiger partial charge in [0.05, 0.1) is 19.1 Å². The first-order valence-electron chi connectivity index (χ1n) is 10.8. The maximum Gasteiger partial charge on any atom is 0.224 e. The number of hydrogen-bond donors (Lipinski definition) is 1. The van der Waals surface area contributed by atoms with Crippen LogP contribution in [0.4, 0.5) is 0 Å². The van der Waals surface area contributed by atoms with Crippen molar-refractivity contribution in [3.8, 4) is 0 Å². The van der Waals surface area contributed by atoms with Crippen LogP contribution in [0, 0.1) is 5.92 Å². The van der Waals surface area contributed by atoms with Crippen molar-refractivity contribution in [3.63, 3.8) is 0 Å². The third kappa shape index (κ3) is 5.55. The molecule has 28 heavy (non-hydrogen) atoms. The lowest BCUT2D eigenvalue weighted by atomic mass is 9.93. The van der Waals surface area contributed by atoms with Gasteiger partial charge in [0.2, 0.25) is 5.91 Å². The lowest BCUT2D eigenvalue weighted by Gasteiger charge is -2.42. The number of piperidine rings is 2. The van der Waals surface area contributed by atoms with Crippen molar-refractivity contribution in [2.45, 2.75) is 58.2 Å². The molecule has 0 spiro atoms. The molecular formula is C21H37N5O2. The summed E-state index contributed by atoms with van der Waals surface area (Å²) < 4.78 is 7.30. The van der Waals surface area contributed by atoms with Gasteiger partial charge in [-0.1, -0.05) is 0 Å². The Morgan fingerprint density at radius 1 is 1.29 bits per heavy atom. The highest BCUT2D eigenvalue weighted by atomic mass is 16.5. The Labute approximate surface area is 169 Å². The molecule has 1 amide bonds. The lowest BCUT2D eigenvalue weighted by molar-refractivity contribution is -0.127. The number of carbonyl (C=O) groups is 1. The van der Waals surface area contributed by atoms with Gasteiger partial charge in [0.25, 0.3) is 0 Å². The van der Waals surface area contributed by atoms with E-state index in [1.165, 1.54) is 18.7 Å². The minimum atomic E-state index is 0.127. The van der Waals surface area contributed by atoms with Gasteiger partial charge in [0, 0.05) is 57.8 Å². The van der Waals surface area contributed by atoms with E-state index < -0.39 is 0 Å². The summed E-state index contributed by atoms with van der Waals surface area (Å²) in [7, 11) is 1.66. The molecule has 1 aromatic rings. The van der Waals surface area contributed by atoms with E-state index in [9.17, 15) is 4.79 Å². The summed E-state index contributed by atoms with van der Waals surface area (Å²) in [6, 6.07) is 1.06. The number of nitrogens with zero attached hydrogens (tertiary/aromatic N) is 4. The van der Waals surface area contributed by atoms with Crippen LogP contribution in [0.2, 0.25) is 0 Å². The highest BCUT2D eigenvalue weighted by molar-refractivity contribution is 5.78. The second-order valence-electron chi connectivity index (χ2n) is 8.47. The van der Waals surface area contributed by atoms with Gasteiger partial charge >= 0.3 is 0 Å². The summed E-state index contributed by atoms with van der Waals surface area (Å²) in [6.45, 7) is 10.8. The molecule has 2 aliphatic rings. The summed E-state index contributed by atoms with van der Waals surface area (Å²) in [5.41, 5.74) is 0. The number of rotatable bonds is 8. The fraction of sp³-hybridized carbons (Fsp3) is 0.810. The van der Waals surface area contributed by atoms with Crippen molar-refractivity contribution in [2.75, 3.05) is 46.4 Å². The molecule has 2 saturated heterocycles. The van der Waals surface area contributed by atoms with Crippen LogP contribution in [0.15, 0.2) is 12.4 Å². The highest BCUT2D eigenvalue weighted by Crippen LogP contribution is 2.25. The van der Waals surface area contributed by atoms with E-state index in [2.05, 4.69) is 44.7 Å². The molecule has 7 nitrogen and oxygen atoms in total. The Hall–Kier alpha value is -1.44. The standard InChI is InChI=1S/C21H37N5O2/c1-17(2)26-13-8-22-20(26)16-24-11-6-19(7-12-24)25-10-4-5-18(15-25)21(27)23-9-14-28-3/h8,13,17-19H,4-7,9-12,14-16H2,1-3H3,(H,23,27). The summed E-state index contributed by atoms with van der Waals surface area (Å²) in [5.74, 6) is 1.49. The lowest BCUT2D eigenvalue weighted by Crippen LogP contribution is -2.50. The second kappa shape index (κ2) is 10.4. The number of nitrogens with one attached hydrogen (secondary N) is 1. The first-order chi connectivity index (χ1) is 13.6. The fourth-order valence-corrected chi connectivity index (χ4v) is 4.55. The summed E-state index contributed by atoms with van der Waals surface area (Å²) in [6.07, 6.45) is 8.48. The largest absolute Gasteiger partial charge is 0.383 e. The third-order valence-electron chi connectivity index (χ3n) is 6.17. The average molecular weight is 392 g/mol. The molecule has 2 fully saturated rings. The first kappa shape index (κ1) is 21.3. The number of aromatic nitrogens is 2. The van der Waals surface area contributed by atoms with Crippen molar-refractivity contribution in [2.24, 2.45) is 5.92 Å². The molecule has 0 bridgehead atoms. The van der Waals surface area contributed by atoms with Gasteiger partial charge in [-0.3, -0.25) is 14.6 Å². The summed E-state index contributed by atoms with van der Waals surface area (Å²) in [5, 5.41) is 3.01. The molecule has 2 aliphatic heterocycles. The van der Waals surface area contributed by atoms with Crippen molar-refractivity contribution < 1.29 is 9.53 Å². The van der Waals surface area contributed by atoms with E-state index in [1.807, 2.05) is 6.20 Å². The molecule has 0 radical (unpaired) electrons. The zero-order valence-corrected chi connectivity index (χ0v) is 17.8. The third-order valence-corrected chi connectivity index (χ3v) is 6.17. The van der Waals surface area contributed by atoms with Crippen LogP contribution in [-0.4, -0.2) is 77.7 Å². The van der Waals surface area contributed by atoms with Gasteiger partial charge in [-0.25, -0.2) is 4.98 Å². The van der Waals surface area contributed by atoms with Crippen LogP contribution < -0.4 is 5.32 Å². The normalized spacial score (nSPS) is 22.6. The van der Waals surface area contributed by atoms with Gasteiger partial charge < -0.3 is 14.6 Å². The predicted molar refractivity (Wildman–Crippen MR) is 110 cm³/mol. The van der Waals surface area contributed by atoms with E-state index >= 15 is 0 Å². The maximum atomic E-state index is 12.4. The topological polar surface area (TPSA) is 62.6 Å². The van der Waals surface area contributed by atoms with Crippen LogP contribution in [0.5, 0.6) is 0 Å². The van der Waals surface area contributed by atoms with Gasteiger partial charge in [-0.2, -0.15) is 0 Å². The SMILES string of the molecule is COCCNC(=O)C1CCCN(C2CCN(Cc3nccn3C(C)C)CC2)C1. The van der Waals surface area contributed by atoms with E-state index in [-0.39, 0.29) is 11.8 Å². The van der Waals surface area contributed by atoms with E-state index in [0.29, 0.717) is 25.2 Å². The Morgan fingerprint density at radius 2 is 2.07 bits per heavy atom. The number of imidazole rings is 1. The zero-order chi connectivity index (χ0) is 19.9. The smallest absolute Gasteiger partial charge is 0.224 e. The summed E-state index contributed by atoms with van der Waals surface area (Å²) >= 11 is 0. The molecule has 1 atom stereocenters. The van der Waals surface area contributed by atoms with Gasteiger partial charge in [0.1, 0.15) is 5.82 Å². The van der Waals surface area contributed by atoms with Crippen molar-refractivity contribution in [1.29, 1.82) is 0 Å². The fourth-order valence-electron chi connectivity index (χ4n) is 4.55. The van der Waals surface area contributed by atoms with E-state index in [4.69, 9.17) is 4.74 Å². The molecule has 1 N–H and O–H groups in total. The molecule has 1 aromatic heterocycles. The zero-order valence-electron chi connectivity index (χ0n) is 17.8. The van der Waals surface area contributed by atoms with Crippen LogP contribution in [-0.2, 0) is 16.1 Å². The van der Waals surface area contributed by atoms with E-state index in [0.717, 1.165) is 45.6 Å². The predicted octanol–water partition coefficient (Wildman–Crippen LogP) is 1.90. The number of carbonyl (C=O) groups excluding carboxylic acids is 1. The molecule has 0 saturated carbocycles. The van der Waals surface area contributed by atoms with Crippen molar-refractivity contribution >= 4 is 5.91 Å². The minimum Gasteiger partial charge on any atom is -0.383 e. The average Bonchev–Trinajstić information content (AvgIpc) is 3.17. The Kier molecular flexibility index (Phi) is 7.88. The van der Waals surface area contributed by atoms with Crippen LogP contribution >= 0.6 is 0 Å². The van der Waals surface area contributed by atoms with Crippen molar-refractivity contribution in [1.82, 2.24) is 24.7 Å². The Morgan fingerprint density at radius 3 is 2.79 bits per heavy atom. The molecule has 3 rings (SSSR count). The van der Waals surface area contributed by atoms with Gasteiger partial charge in [-0.15, -0.1) is 0 Å². The molecule has 1 unspecified atom stereocenters. The van der Waals surface area contributed by atoms with Crippen LogP contribution in [0.25, 0.3) is 0 Å².